The Morgan fingerprint density at radius 1 is 0.417 bits per heavy atom. The number of nitrogens with zero attached hydrogens (tertiary/aromatic N) is 3. The predicted octanol–water partition coefficient (Wildman–Crippen LogP) is 4.33. The SMILES string of the molecule is O=C(O)CN(CCN(CCN(CC(=O)O)C(CC1CCCCC1)C(=O)O)C(CC1CCCCC1)C(=O)O)C(CC1CCCCC1)C(=O)O. The molecule has 0 aromatic rings. The Morgan fingerprint density at radius 2 is 0.667 bits per heavy atom. The molecule has 0 aromatic carbocycles. The summed E-state index contributed by atoms with van der Waals surface area (Å²) in [5, 5.41) is 50.4. The van der Waals surface area contributed by atoms with E-state index in [1.165, 1.54) is 9.80 Å². The zero-order valence-corrected chi connectivity index (χ0v) is 28.6. The van der Waals surface area contributed by atoms with E-state index < -0.39 is 61.1 Å². The van der Waals surface area contributed by atoms with Crippen LogP contribution in [0.25, 0.3) is 0 Å². The van der Waals surface area contributed by atoms with Crippen molar-refractivity contribution >= 4 is 29.8 Å². The van der Waals surface area contributed by atoms with Gasteiger partial charge in [0.15, 0.2) is 0 Å². The van der Waals surface area contributed by atoms with Crippen molar-refractivity contribution in [2.45, 2.75) is 134 Å². The van der Waals surface area contributed by atoms with Gasteiger partial charge in [-0.2, -0.15) is 0 Å². The normalized spacial score (nSPS) is 20.5. The van der Waals surface area contributed by atoms with E-state index in [0.29, 0.717) is 19.3 Å². The van der Waals surface area contributed by atoms with E-state index in [0.717, 1.165) is 96.3 Å². The number of carboxylic acids is 5. The van der Waals surface area contributed by atoms with Crippen LogP contribution in [0, 0.1) is 17.8 Å². The second kappa shape index (κ2) is 20.7. The molecule has 3 rings (SSSR count). The van der Waals surface area contributed by atoms with Crippen LogP contribution in [0.15, 0.2) is 0 Å². The van der Waals surface area contributed by atoms with Crippen molar-refractivity contribution in [2.24, 2.45) is 17.8 Å². The molecule has 0 radical (unpaired) electrons. The molecule has 48 heavy (non-hydrogen) atoms. The molecular weight excluding hydrogens is 622 g/mol. The van der Waals surface area contributed by atoms with E-state index >= 15 is 0 Å². The van der Waals surface area contributed by atoms with Gasteiger partial charge >= 0.3 is 29.8 Å². The molecule has 3 saturated carbocycles. The van der Waals surface area contributed by atoms with Gasteiger partial charge in [-0.25, -0.2) is 0 Å². The number of hydrogen-bond acceptors (Lipinski definition) is 8. The van der Waals surface area contributed by atoms with Gasteiger partial charge in [-0.3, -0.25) is 38.7 Å². The van der Waals surface area contributed by atoms with Gasteiger partial charge in [-0.05, 0) is 37.0 Å². The Balaban J connectivity index is 1.85. The van der Waals surface area contributed by atoms with Crippen LogP contribution in [0.5, 0.6) is 0 Å². The topological polar surface area (TPSA) is 196 Å². The van der Waals surface area contributed by atoms with Crippen molar-refractivity contribution in [1.29, 1.82) is 0 Å². The fraction of sp³-hybridized carbons (Fsp3) is 0.857. The Bertz CT molecular complexity index is 978. The summed E-state index contributed by atoms with van der Waals surface area (Å²) in [5.74, 6) is -5.08. The molecule has 0 spiro atoms. The van der Waals surface area contributed by atoms with E-state index in [-0.39, 0.29) is 43.9 Å². The summed E-state index contributed by atoms with van der Waals surface area (Å²) in [7, 11) is 0. The number of carbonyl (C=O) groups is 5. The van der Waals surface area contributed by atoms with Crippen molar-refractivity contribution in [3.63, 3.8) is 0 Å². The zero-order valence-electron chi connectivity index (χ0n) is 28.6. The molecule has 13 nitrogen and oxygen atoms in total. The van der Waals surface area contributed by atoms with Crippen molar-refractivity contribution in [1.82, 2.24) is 14.7 Å². The quantitative estimate of drug-likeness (QED) is 0.108. The first-order chi connectivity index (χ1) is 22.9. The van der Waals surface area contributed by atoms with Gasteiger partial charge < -0.3 is 25.5 Å². The summed E-state index contributed by atoms with van der Waals surface area (Å²) in [4.78, 5) is 66.2. The molecule has 3 atom stereocenters. The molecule has 0 aromatic heterocycles. The molecule has 3 aliphatic carbocycles. The van der Waals surface area contributed by atoms with Crippen LogP contribution >= 0.6 is 0 Å². The van der Waals surface area contributed by atoms with Gasteiger partial charge in [0.2, 0.25) is 0 Å². The lowest BCUT2D eigenvalue weighted by atomic mass is 9.84. The fourth-order valence-corrected chi connectivity index (χ4v) is 8.41. The molecule has 5 N–H and O–H groups in total. The average Bonchev–Trinajstić information content (AvgIpc) is 3.05. The number of aliphatic carboxylic acids is 5. The predicted molar refractivity (Wildman–Crippen MR) is 178 cm³/mol. The summed E-state index contributed by atoms with van der Waals surface area (Å²) in [5.41, 5.74) is 0. The summed E-state index contributed by atoms with van der Waals surface area (Å²) in [6, 6.07) is -3.04. The molecule has 0 aliphatic heterocycles. The molecule has 3 fully saturated rings. The molecule has 13 heteroatoms. The smallest absolute Gasteiger partial charge is 0.320 e. The first kappa shape index (κ1) is 39.7. The van der Waals surface area contributed by atoms with Gasteiger partial charge in [0, 0.05) is 26.2 Å². The molecule has 274 valence electrons. The molecular formula is C35H59N3O10. The van der Waals surface area contributed by atoms with Gasteiger partial charge in [0.1, 0.15) is 18.1 Å². The first-order valence-electron chi connectivity index (χ1n) is 18.3. The highest BCUT2D eigenvalue weighted by Gasteiger charge is 2.36. The van der Waals surface area contributed by atoms with Crippen LogP contribution in [0.3, 0.4) is 0 Å². The Labute approximate surface area is 284 Å². The molecule has 3 unspecified atom stereocenters. The van der Waals surface area contributed by atoms with E-state index in [2.05, 4.69) is 0 Å². The Hall–Kier alpha value is -2.77. The van der Waals surface area contributed by atoms with E-state index in [1.54, 1.807) is 4.90 Å². The summed E-state index contributed by atoms with van der Waals surface area (Å²) in [6.45, 7) is -0.933. The molecule has 0 saturated heterocycles. The molecule has 0 bridgehead atoms. The second-order valence-corrected chi connectivity index (χ2v) is 14.5. The summed E-state index contributed by atoms with van der Waals surface area (Å²) >= 11 is 0. The van der Waals surface area contributed by atoms with Gasteiger partial charge in [-0.1, -0.05) is 96.3 Å². The molecule has 0 heterocycles. The van der Waals surface area contributed by atoms with Gasteiger partial charge in [0.25, 0.3) is 0 Å². The van der Waals surface area contributed by atoms with E-state index in [1.807, 2.05) is 0 Å². The number of rotatable bonds is 22. The highest BCUT2D eigenvalue weighted by molar-refractivity contribution is 5.76. The average molecular weight is 682 g/mol. The minimum absolute atomic E-state index is 0.00615. The maximum Gasteiger partial charge on any atom is 0.320 e. The lowest BCUT2D eigenvalue weighted by Crippen LogP contribution is -2.54. The standard InChI is InChI=1S/C35H59N3O10/c39-31(40)23-37(29(34(45)46)21-26-12-6-2-7-13-26)18-16-36(28(33(43)44)20-25-10-4-1-5-11-25)17-19-38(24-32(41)42)30(35(47)48)22-27-14-8-3-9-15-27/h25-30H,1-24H2,(H,39,40)(H,41,42)(H,43,44)(H,45,46)(H,47,48). The van der Waals surface area contributed by atoms with Crippen molar-refractivity contribution in [2.75, 3.05) is 39.3 Å². The van der Waals surface area contributed by atoms with E-state index in [4.69, 9.17) is 0 Å². The maximum absolute atomic E-state index is 12.8. The highest BCUT2D eigenvalue weighted by atomic mass is 16.4. The van der Waals surface area contributed by atoms with Crippen LogP contribution in [0.2, 0.25) is 0 Å². The number of carboxylic acid groups (broad SMARTS) is 5. The van der Waals surface area contributed by atoms with Crippen LogP contribution in [-0.2, 0) is 24.0 Å². The Kier molecular flexibility index (Phi) is 17.1. The van der Waals surface area contributed by atoms with Crippen molar-refractivity contribution in [3.05, 3.63) is 0 Å². The monoisotopic (exact) mass is 681 g/mol. The summed E-state index contributed by atoms with van der Waals surface area (Å²) < 4.78 is 0. The largest absolute Gasteiger partial charge is 0.480 e. The van der Waals surface area contributed by atoms with Crippen molar-refractivity contribution < 1.29 is 49.5 Å². The minimum atomic E-state index is -1.17. The lowest BCUT2D eigenvalue weighted by molar-refractivity contribution is -0.149. The second-order valence-electron chi connectivity index (χ2n) is 14.5. The van der Waals surface area contributed by atoms with Crippen LogP contribution in [-0.4, -0.2) is 127 Å². The first-order valence-corrected chi connectivity index (χ1v) is 18.3. The summed E-state index contributed by atoms with van der Waals surface area (Å²) in [6.07, 6.45) is 15.7. The van der Waals surface area contributed by atoms with Crippen LogP contribution < -0.4 is 0 Å². The van der Waals surface area contributed by atoms with Gasteiger partial charge in [-0.15, -0.1) is 0 Å². The van der Waals surface area contributed by atoms with Crippen LogP contribution in [0.1, 0.15) is 116 Å². The lowest BCUT2D eigenvalue weighted by Gasteiger charge is -2.38. The Morgan fingerprint density at radius 3 is 0.917 bits per heavy atom. The molecule has 0 amide bonds. The zero-order chi connectivity index (χ0) is 35.1. The minimum Gasteiger partial charge on any atom is -0.480 e. The molecule has 3 aliphatic rings. The third kappa shape index (κ3) is 13.6. The third-order valence-electron chi connectivity index (χ3n) is 11.0. The van der Waals surface area contributed by atoms with Crippen molar-refractivity contribution in [3.8, 4) is 0 Å². The van der Waals surface area contributed by atoms with Gasteiger partial charge in [0.05, 0.1) is 13.1 Å². The maximum atomic E-state index is 12.8. The number of hydrogen-bond donors (Lipinski definition) is 5. The highest BCUT2D eigenvalue weighted by Crippen LogP contribution is 2.31. The van der Waals surface area contributed by atoms with Crippen LogP contribution in [0.4, 0.5) is 0 Å². The van der Waals surface area contributed by atoms with E-state index in [9.17, 15) is 49.5 Å². The fourth-order valence-electron chi connectivity index (χ4n) is 8.41. The third-order valence-corrected chi connectivity index (χ3v) is 11.0.